The summed E-state index contributed by atoms with van der Waals surface area (Å²) in [6.07, 6.45) is -0.121. The van der Waals surface area contributed by atoms with Crippen molar-refractivity contribution < 1.29 is 13.2 Å². The van der Waals surface area contributed by atoms with E-state index >= 15 is 0 Å². The van der Waals surface area contributed by atoms with Crippen molar-refractivity contribution in [2.24, 2.45) is 0 Å². The molecule has 0 atom stereocenters. The van der Waals surface area contributed by atoms with Crippen molar-refractivity contribution in [2.75, 3.05) is 17.2 Å². The summed E-state index contributed by atoms with van der Waals surface area (Å²) >= 11 is 3.32. The van der Waals surface area contributed by atoms with Crippen LogP contribution in [-0.4, -0.2) is 26.5 Å². The Bertz CT molecular complexity index is 849. The van der Waals surface area contributed by atoms with Gasteiger partial charge in [0.25, 0.3) is 0 Å². The van der Waals surface area contributed by atoms with E-state index in [0.717, 1.165) is 16.4 Å². The molecule has 0 spiro atoms. The van der Waals surface area contributed by atoms with Gasteiger partial charge >= 0.3 is 6.18 Å². The molecule has 3 aromatic rings. The van der Waals surface area contributed by atoms with Gasteiger partial charge in [0, 0.05) is 35.5 Å². The van der Waals surface area contributed by atoms with E-state index in [2.05, 4.69) is 46.5 Å². The summed E-state index contributed by atoms with van der Waals surface area (Å²) in [5.41, 5.74) is 0.490. The fourth-order valence-corrected chi connectivity index (χ4v) is 2.45. The van der Waals surface area contributed by atoms with Crippen LogP contribution in [0.5, 0.6) is 0 Å². The highest BCUT2D eigenvalue weighted by molar-refractivity contribution is 9.10. The van der Waals surface area contributed by atoms with Crippen LogP contribution in [0, 0.1) is 0 Å². The number of aromatic amines is 1. The lowest BCUT2D eigenvalue weighted by atomic mass is 10.2. The maximum Gasteiger partial charge on any atom is 0.421 e. The van der Waals surface area contributed by atoms with E-state index in [0.29, 0.717) is 12.1 Å². The average Bonchev–Trinajstić information content (AvgIpc) is 3.10. The quantitative estimate of drug-likeness (QED) is 0.545. The number of hydrogen-bond acceptors (Lipinski definition) is 5. The van der Waals surface area contributed by atoms with E-state index in [4.69, 9.17) is 0 Å². The first kappa shape index (κ1) is 18.2. The second-order valence-electron chi connectivity index (χ2n) is 5.32. The van der Waals surface area contributed by atoms with Crippen LogP contribution < -0.4 is 10.6 Å². The number of hydrogen-bond donors (Lipinski definition) is 3. The minimum absolute atomic E-state index is 0.0718. The third kappa shape index (κ3) is 4.72. The van der Waals surface area contributed by atoms with Crippen LogP contribution in [0.4, 0.5) is 30.6 Å². The number of H-pyrrole nitrogens is 1. The molecule has 0 saturated carbocycles. The second kappa shape index (κ2) is 7.73. The first-order valence-electron chi connectivity index (χ1n) is 7.60. The number of aromatic nitrogens is 4. The van der Waals surface area contributed by atoms with E-state index in [1.54, 1.807) is 30.5 Å². The smallest absolute Gasteiger partial charge is 0.369 e. The Morgan fingerprint density at radius 2 is 1.88 bits per heavy atom. The molecule has 6 nitrogen and oxygen atoms in total. The first-order valence-corrected chi connectivity index (χ1v) is 8.39. The van der Waals surface area contributed by atoms with Gasteiger partial charge in [-0.25, -0.2) is 9.97 Å². The van der Waals surface area contributed by atoms with Gasteiger partial charge in [-0.3, -0.25) is 0 Å². The molecular formula is C16H14BrF3N6. The molecule has 2 aromatic heterocycles. The lowest BCUT2D eigenvalue weighted by Crippen LogP contribution is -2.16. The zero-order valence-corrected chi connectivity index (χ0v) is 14.9. The van der Waals surface area contributed by atoms with E-state index in [1.165, 1.54) is 6.33 Å². The van der Waals surface area contributed by atoms with Crippen LogP contribution in [0.3, 0.4) is 0 Å². The molecule has 3 N–H and O–H groups in total. The minimum atomic E-state index is -4.55. The fourth-order valence-electron chi connectivity index (χ4n) is 2.18. The van der Waals surface area contributed by atoms with E-state index in [-0.39, 0.29) is 18.3 Å². The minimum Gasteiger partial charge on any atom is -0.369 e. The van der Waals surface area contributed by atoms with Crippen LogP contribution in [0.15, 0.2) is 47.5 Å². The topological polar surface area (TPSA) is 78.5 Å². The van der Waals surface area contributed by atoms with Gasteiger partial charge < -0.3 is 15.6 Å². The summed E-state index contributed by atoms with van der Waals surface area (Å²) in [7, 11) is 0. The SMILES string of the molecule is FC(F)(F)c1cnc(Nc2ccc(Br)cc2)nc1NCCc1c[nH]cn1. The largest absolute Gasteiger partial charge is 0.421 e. The maximum absolute atomic E-state index is 13.2. The third-order valence-corrected chi connectivity index (χ3v) is 3.95. The predicted octanol–water partition coefficient (Wildman–Crippen LogP) is 4.38. The van der Waals surface area contributed by atoms with Crippen LogP contribution in [0.2, 0.25) is 0 Å². The number of nitrogens with one attached hydrogen (secondary N) is 3. The summed E-state index contributed by atoms with van der Waals surface area (Å²) in [4.78, 5) is 14.6. The molecule has 0 saturated heterocycles. The highest BCUT2D eigenvalue weighted by Crippen LogP contribution is 2.34. The van der Waals surface area contributed by atoms with Gasteiger partial charge in [-0.1, -0.05) is 15.9 Å². The lowest BCUT2D eigenvalue weighted by Gasteiger charge is -2.14. The molecule has 0 radical (unpaired) electrons. The predicted molar refractivity (Wildman–Crippen MR) is 95.2 cm³/mol. The number of imidazole rings is 1. The number of benzene rings is 1. The Kier molecular flexibility index (Phi) is 5.40. The Balaban J connectivity index is 1.77. The van der Waals surface area contributed by atoms with Gasteiger partial charge in [-0.15, -0.1) is 0 Å². The van der Waals surface area contributed by atoms with Crippen molar-refractivity contribution in [3.63, 3.8) is 0 Å². The molecule has 0 unspecified atom stereocenters. The number of nitrogens with zero attached hydrogens (tertiary/aromatic N) is 3. The van der Waals surface area contributed by atoms with Crippen molar-refractivity contribution in [3.8, 4) is 0 Å². The summed E-state index contributed by atoms with van der Waals surface area (Å²) < 4.78 is 40.5. The van der Waals surface area contributed by atoms with Crippen molar-refractivity contribution in [2.45, 2.75) is 12.6 Å². The Morgan fingerprint density at radius 1 is 1.12 bits per heavy atom. The van der Waals surface area contributed by atoms with Crippen molar-refractivity contribution in [3.05, 3.63) is 58.7 Å². The van der Waals surface area contributed by atoms with E-state index < -0.39 is 11.7 Å². The number of anilines is 3. The zero-order valence-electron chi connectivity index (χ0n) is 13.3. The van der Waals surface area contributed by atoms with Crippen LogP contribution in [0.25, 0.3) is 0 Å². The summed E-state index contributed by atoms with van der Waals surface area (Å²) in [6, 6.07) is 7.12. The molecule has 0 bridgehead atoms. The zero-order chi connectivity index (χ0) is 18.6. The summed E-state index contributed by atoms with van der Waals surface area (Å²) in [6.45, 7) is 0.253. The van der Waals surface area contributed by atoms with Gasteiger partial charge in [0.2, 0.25) is 5.95 Å². The lowest BCUT2D eigenvalue weighted by molar-refractivity contribution is -0.137. The molecule has 26 heavy (non-hydrogen) atoms. The molecule has 0 fully saturated rings. The molecule has 1 aromatic carbocycles. The Labute approximate surface area is 155 Å². The maximum atomic E-state index is 13.2. The molecule has 3 rings (SSSR count). The number of halogens is 4. The molecule has 10 heteroatoms. The fraction of sp³-hybridized carbons (Fsp3) is 0.188. The molecule has 2 heterocycles. The van der Waals surface area contributed by atoms with Gasteiger partial charge in [0.15, 0.2) is 0 Å². The van der Waals surface area contributed by atoms with Gasteiger partial charge in [0.05, 0.1) is 12.0 Å². The summed E-state index contributed by atoms with van der Waals surface area (Å²) in [5.74, 6) is -0.203. The van der Waals surface area contributed by atoms with E-state index in [9.17, 15) is 13.2 Å². The summed E-state index contributed by atoms with van der Waals surface area (Å²) in [5, 5.41) is 5.61. The van der Waals surface area contributed by atoms with E-state index in [1.807, 2.05) is 0 Å². The van der Waals surface area contributed by atoms with Gasteiger partial charge in [-0.2, -0.15) is 18.2 Å². The van der Waals surface area contributed by atoms with Crippen molar-refractivity contribution in [1.82, 2.24) is 19.9 Å². The molecule has 0 aliphatic heterocycles. The molecule has 136 valence electrons. The third-order valence-electron chi connectivity index (χ3n) is 3.42. The number of alkyl halides is 3. The first-order chi connectivity index (χ1) is 12.4. The average molecular weight is 427 g/mol. The van der Waals surface area contributed by atoms with Crippen LogP contribution >= 0.6 is 15.9 Å². The molecule has 0 aliphatic carbocycles. The molecule has 0 amide bonds. The second-order valence-corrected chi connectivity index (χ2v) is 6.24. The highest BCUT2D eigenvalue weighted by atomic mass is 79.9. The van der Waals surface area contributed by atoms with Gasteiger partial charge in [0.1, 0.15) is 11.4 Å². The Hall–Kier alpha value is -2.62. The standard InChI is InChI=1S/C16H14BrF3N6/c17-10-1-3-11(4-2-10)25-15-23-8-13(16(18,19)20)14(26-15)22-6-5-12-7-21-9-24-12/h1-4,7-9H,5-6H2,(H,21,24)(H2,22,23,25,26). The normalized spacial score (nSPS) is 11.4. The monoisotopic (exact) mass is 426 g/mol. The molecular weight excluding hydrogens is 413 g/mol. The van der Waals surface area contributed by atoms with Gasteiger partial charge in [-0.05, 0) is 24.3 Å². The number of rotatable bonds is 6. The highest BCUT2D eigenvalue weighted by Gasteiger charge is 2.35. The Morgan fingerprint density at radius 3 is 2.54 bits per heavy atom. The molecule has 0 aliphatic rings. The van der Waals surface area contributed by atoms with Crippen LogP contribution in [-0.2, 0) is 12.6 Å². The van der Waals surface area contributed by atoms with Crippen LogP contribution in [0.1, 0.15) is 11.3 Å². The van der Waals surface area contributed by atoms with Crippen molar-refractivity contribution in [1.29, 1.82) is 0 Å². The van der Waals surface area contributed by atoms with Crippen molar-refractivity contribution >= 4 is 33.4 Å².